The van der Waals surface area contributed by atoms with Crippen LogP contribution in [-0.2, 0) is 18.5 Å². The molecule has 1 N–H and O–H groups in total. The van der Waals surface area contributed by atoms with Crippen molar-refractivity contribution in [1.29, 1.82) is 0 Å². The Morgan fingerprint density at radius 2 is 1.63 bits per heavy atom. The van der Waals surface area contributed by atoms with Gasteiger partial charge in [0.25, 0.3) is 0 Å². The summed E-state index contributed by atoms with van der Waals surface area (Å²) in [6.07, 6.45) is 29.2. The lowest BCUT2D eigenvalue weighted by atomic mass is 9.77. The van der Waals surface area contributed by atoms with Gasteiger partial charge in [-0.3, -0.25) is 10.3 Å². The zero-order valence-corrected chi connectivity index (χ0v) is 29.9. The summed E-state index contributed by atoms with van der Waals surface area (Å²) < 4.78 is 2.53. The first-order chi connectivity index (χ1) is 25.1. The van der Waals surface area contributed by atoms with Crippen LogP contribution in [0.1, 0.15) is 71.4 Å². The van der Waals surface area contributed by atoms with Crippen LogP contribution in [0.25, 0.3) is 17.8 Å². The largest absolute Gasteiger partial charge is 0.310 e. The van der Waals surface area contributed by atoms with Crippen LogP contribution in [0, 0.1) is 17.8 Å². The first kappa shape index (κ1) is 31.1. The number of fused-ring (bicyclic) bond motifs is 6. The van der Waals surface area contributed by atoms with Crippen LogP contribution in [0.5, 0.6) is 0 Å². The molecule has 252 valence electrons. The molecule has 2 aliphatic heterocycles. The van der Waals surface area contributed by atoms with E-state index in [1.807, 2.05) is 0 Å². The number of nitrogens with zero attached hydrogens (tertiary/aromatic N) is 2. The van der Waals surface area contributed by atoms with Crippen LogP contribution in [0.3, 0.4) is 0 Å². The summed E-state index contributed by atoms with van der Waals surface area (Å²) in [4.78, 5) is 7.13. The zero-order valence-electron chi connectivity index (χ0n) is 29.1. The van der Waals surface area contributed by atoms with E-state index in [4.69, 9.17) is 4.99 Å². The Labute approximate surface area is 306 Å². The molecule has 10 rings (SSSR count). The van der Waals surface area contributed by atoms with Gasteiger partial charge < -0.3 is 4.57 Å². The first-order valence-electron chi connectivity index (χ1n) is 18.7. The van der Waals surface area contributed by atoms with Gasteiger partial charge in [0.15, 0.2) is 0 Å². The Morgan fingerprint density at radius 1 is 0.804 bits per heavy atom. The third-order valence-corrected chi connectivity index (χ3v) is 13.5. The van der Waals surface area contributed by atoms with E-state index in [0.717, 1.165) is 37.8 Å². The maximum atomic E-state index is 5.49. The molecule has 3 nitrogen and oxygen atoms in total. The standard InChI is InChI=1S/C47H43N3S/c1-47(48-41(31-14-4-2-5-15-31)30-42(49-47)32-16-6-3-7-17-32)34-18-12-19-35(29-34)50-43-24-10-8-20-37(43)40-28-33(26-27-44(40)50)36-22-13-23-39-38-21-9-11-25-45(38)51-46(36)39/h2-7,9-19,21-22,24-27,29,33,38-39,41,45,48H,8,20,23,28,30H2,1H3. The van der Waals surface area contributed by atoms with Crippen LogP contribution in [0.15, 0.2) is 149 Å². The summed E-state index contributed by atoms with van der Waals surface area (Å²) in [6, 6.07) is 30.8. The molecule has 1 aromatic heterocycles. The SMILES string of the molecule is CC1(c2cccc(-n3c4c(c5c3C=CC(C3=C6SC7C=CC=CC7C6CC=C3)C5)CCC=C4)c2)N=C(c2ccccc2)CC(c2ccccc2)N1. The molecule has 3 aromatic carbocycles. The Morgan fingerprint density at radius 3 is 2.51 bits per heavy atom. The lowest BCUT2D eigenvalue weighted by molar-refractivity contribution is 0.315. The Hall–Kier alpha value is -4.64. The maximum Gasteiger partial charge on any atom is 0.134 e. The van der Waals surface area contributed by atoms with Gasteiger partial charge in [-0.2, -0.15) is 0 Å². The normalized spacial score (nSPS) is 28.6. The van der Waals surface area contributed by atoms with Gasteiger partial charge in [0.1, 0.15) is 5.66 Å². The van der Waals surface area contributed by atoms with E-state index in [9.17, 15) is 0 Å². The van der Waals surface area contributed by atoms with Crippen molar-refractivity contribution in [2.24, 2.45) is 22.7 Å². The second-order valence-corrected chi connectivity index (χ2v) is 16.2. The van der Waals surface area contributed by atoms with Crippen LogP contribution in [-0.4, -0.2) is 15.5 Å². The van der Waals surface area contributed by atoms with Gasteiger partial charge in [0.05, 0.1) is 0 Å². The van der Waals surface area contributed by atoms with Gasteiger partial charge in [-0.05, 0) is 95.2 Å². The molecule has 4 heteroatoms. The molecule has 51 heavy (non-hydrogen) atoms. The number of hydrogen-bond donors (Lipinski definition) is 1. The third kappa shape index (κ3) is 5.34. The van der Waals surface area contributed by atoms with Crippen molar-refractivity contribution in [3.05, 3.63) is 183 Å². The molecule has 6 unspecified atom stereocenters. The van der Waals surface area contributed by atoms with Crippen LogP contribution in [0.2, 0.25) is 0 Å². The molecule has 1 fully saturated rings. The van der Waals surface area contributed by atoms with Crippen molar-refractivity contribution in [3.63, 3.8) is 0 Å². The van der Waals surface area contributed by atoms with E-state index in [1.165, 1.54) is 44.9 Å². The molecule has 0 saturated carbocycles. The van der Waals surface area contributed by atoms with Gasteiger partial charge in [-0.25, -0.2) is 0 Å². The van der Waals surface area contributed by atoms with Crippen LogP contribution in [0.4, 0.5) is 0 Å². The molecule has 1 saturated heterocycles. The smallest absolute Gasteiger partial charge is 0.134 e. The quantitative estimate of drug-likeness (QED) is 0.227. The van der Waals surface area contributed by atoms with Crippen molar-refractivity contribution < 1.29 is 0 Å². The van der Waals surface area contributed by atoms with Gasteiger partial charge >= 0.3 is 0 Å². The number of allylic oxidation sites excluding steroid dienone is 9. The van der Waals surface area contributed by atoms with E-state index < -0.39 is 5.66 Å². The highest BCUT2D eigenvalue weighted by atomic mass is 32.2. The first-order valence-corrected chi connectivity index (χ1v) is 19.6. The highest BCUT2D eigenvalue weighted by molar-refractivity contribution is 8.04. The predicted octanol–water partition coefficient (Wildman–Crippen LogP) is 10.7. The predicted molar refractivity (Wildman–Crippen MR) is 214 cm³/mol. The zero-order chi connectivity index (χ0) is 33.9. The van der Waals surface area contributed by atoms with Gasteiger partial charge in [-0.15, -0.1) is 11.8 Å². The van der Waals surface area contributed by atoms with Crippen molar-refractivity contribution in [3.8, 4) is 5.69 Å². The molecule has 0 spiro atoms. The fourth-order valence-corrected chi connectivity index (χ4v) is 11.2. The Bertz CT molecular complexity index is 2230. The molecule has 4 aromatic rings. The highest BCUT2D eigenvalue weighted by Crippen LogP contribution is 2.55. The van der Waals surface area contributed by atoms with Crippen LogP contribution >= 0.6 is 11.8 Å². The summed E-state index contributed by atoms with van der Waals surface area (Å²) in [7, 11) is 0. The fraction of sp³-hybridized carbons (Fsp3) is 0.255. The summed E-state index contributed by atoms with van der Waals surface area (Å²) in [5.74, 6) is 1.66. The Balaban J connectivity index is 1.04. The topological polar surface area (TPSA) is 29.3 Å². The second kappa shape index (κ2) is 12.5. The van der Waals surface area contributed by atoms with Crippen molar-refractivity contribution in [2.75, 3.05) is 0 Å². The number of aliphatic imine (C=N–C) groups is 1. The van der Waals surface area contributed by atoms with Crippen molar-refractivity contribution >= 4 is 29.6 Å². The summed E-state index contributed by atoms with van der Waals surface area (Å²) in [5.41, 5.74) is 12.7. The van der Waals surface area contributed by atoms with E-state index in [-0.39, 0.29) is 6.04 Å². The van der Waals surface area contributed by atoms with E-state index in [2.05, 4.69) is 174 Å². The minimum absolute atomic E-state index is 0.153. The molecule has 0 bridgehead atoms. The molecule has 6 aliphatic rings. The van der Waals surface area contributed by atoms with Gasteiger partial charge in [0.2, 0.25) is 0 Å². The van der Waals surface area contributed by atoms with E-state index in [1.54, 1.807) is 10.5 Å². The second-order valence-electron chi connectivity index (χ2n) is 15.0. The molecular formula is C47H43N3S. The maximum absolute atomic E-state index is 5.49. The molecule has 3 heterocycles. The average molecular weight is 682 g/mol. The molecule has 4 aliphatic carbocycles. The summed E-state index contributed by atoms with van der Waals surface area (Å²) in [6.45, 7) is 2.25. The number of aromatic nitrogens is 1. The molecule has 0 radical (unpaired) electrons. The number of thioether (sulfide) groups is 1. The average Bonchev–Trinajstić information content (AvgIpc) is 3.74. The van der Waals surface area contributed by atoms with E-state index >= 15 is 0 Å². The number of nitrogens with one attached hydrogen (secondary N) is 1. The minimum atomic E-state index is -0.595. The third-order valence-electron chi connectivity index (χ3n) is 12.0. The number of rotatable bonds is 5. The number of hydrogen-bond acceptors (Lipinski definition) is 3. The number of benzene rings is 3. The van der Waals surface area contributed by atoms with Crippen molar-refractivity contribution in [2.45, 2.75) is 56.0 Å². The van der Waals surface area contributed by atoms with Gasteiger partial charge in [-0.1, -0.05) is 121 Å². The van der Waals surface area contributed by atoms with E-state index in [0.29, 0.717) is 23.0 Å². The van der Waals surface area contributed by atoms with Crippen LogP contribution < -0.4 is 5.32 Å². The monoisotopic (exact) mass is 681 g/mol. The molecule has 0 amide bonds. The molecule has 6 atom stereocenters. The summed E-state index contributed by atoms with van der Waals surface area (Å²) >= 11 is 2.13. The Kier molecular flexibility index (Phi) is 7.65. The lowest BCUT2D eigenvalue weighted by Gasteiger charge is -2.38. The fourth-order valence-electron chi connectivity index (χ4n) is 9.47. The summed E-state index contributed by atoms with van der Waals surface area (Å²) in [5, 5.41) is 4.57. The van der Waals surface area contributed by atoms with Gasteiger partial charge in [0, 0.05) is 58.3 Å². The minimum Gasteiger partial charge on any atom is -0.310 e. The highest BCUT2D eigenvalue weighted by Gasteiger charge is 2.42. The molecular weight excluding hydrogens is 639 g/mol. The lowest BCUT2D eigenvalue weighted by Crippen LogP contribution is -2.45. The van der Waals surface area contributed by atoms with Crippen molar-refractivity contribution in [1.82, 2.24) is 9.88 Å².